The Bertz CT molecular complexity index is 445. The normalized spacial score (nSPS) is 20.8. The van der Waals surface area contributed by atoms with Crippen LogP contribution in [-0.4, -0.2) is 41.5 Å². The number of piperidine rings is 1. The molecule has 0 radical (unpaired) electrons. The van der Waals surface area contributed by atoms with Gasteiger partial charge >= 0.3 is 0 Å². The Balaban J connectivity index is 1.49. The molecule has 1 N–H and O–H groups in total. The van der Waals surface area contributed by atoms with Crippen molar-refractivity contribution in [1.29, 1.82) is 0 Å². The summed E-state index contributed by atoms with van der Waals surface area (Å²) >= 11 is 0. The van der Waals surface area contributed by atoms with E-state index in [0.29, 0.717) is 17.5 Å². The highest BCUT2D eigenvalue weighted by Crippen LogP contribution is 2.28. The van der Waals surface area contributed by atoms with Gasteiger partial charge < -0.3 is 14.6 Å². The summed E-state index contributed by atoms with van der Waals surface area (Å²) in [5, 5.41) is 3.62. The number of carbonyl (C=O) groups is 1. The molecule has 1 aromatic rings. The number of likely N-dealkylation sites (tertiary alicyclic amines) is 1. The number of nitrogens with zero attached hydrogens (tertiary/aromatic N) is 2. The van der Waals surface area contributed by atoms with Crippen molar-refractivity contribution in [2.24, 2.45) is 5.92 Å². The molecule has 0 aromatic carbocycles. The second kappa shape index (κ2) is 5.33. The van der Waals surface area contributed by atoms with Crippen LogP contribution in [0.5, 0.6) is 0 Å². The molecule has 5 nitrogen and oxygen atoms in total. The number of nitrogens with one attached hydrogen (secondary N) is 1. The molecule has 1 aliphatic heterocycles. The molecule has 2 aliphatic rings. The van der Waals surface area contributed by atoms with Crippen LogP contribution in [0.25, 0.3) is 0 Å². The first-order chi connectivity index (χ1) is 9.24. The van der Waals surface area contributed by atoms with Crippen molar-refractivity contribution in [1.82, 2.24) is 15.2 Å². The third-order valence-electron chi connectivity index (χ3n) is 4.11. The average molecular weight is 263 g/mol. The fourth-order valence-electron chi connectivity index (χ4n) is 2.59. The fraction of sp³-hybridized carbons (Fsp3) is 0.714. The van der Waals surface area contributed by atoms with Crippen molar-refractivity contribution in [3.8, 4) is 0 Å². The summed E-state index contributed by atoms with van der Waals surface area (Å²) < 4.78 is 5.18. The van der Waals surface area contributed by atoms with Crippen LogP contribution >= 0.6 is 0 Å². The third-order valence-corrected chi connectivity index (χ3v) is 4.11. The predicted octanol–water partition coefficient (Wildman–Crippen LogP) is 1.59. The lowest BCUT2D eigenvalue weighted by Gasteiger charge is -2.32. The fourth-order valence-corrected chi connectivity index (χ4v) is 2.59. The molecule has 1 saturated heterocycles. The van der Waals surface area contributed by atoms with Gasteiger partial charge in [-0.2, -0.15) is 0 Å². The predicted molar refractivity (Wildman–Crippen MR) is 70.9 cm³/mol. The summed E-state index contributed by atoms with van der Waals surface area (Å²) in [5.41, 5.74) is 0.680. The van der Waals surface area contributed by atoms with Gasteiger partial charge in [0.1, 0.15) is 0 Å². The van der Waals surface area contributed by atoms with Gasteiger partial charge in [-0.15, -0.1) is 0 Å². The standard InChI is InChI=1S/C14H21N3O2/c1-10-13(19-9-16-10)14(18)17-6-4-12(5-7-17)15-8-11-2-3-11/h9,11-12,15H,2-8H2,1H3. The van der Waals surface area contributed by atoms with Crippen LogP contribution < -0.4 is 5.32 Å². The zero-order chi connectivity index (χ0) is 13.2. The maximum atomic E-state index is 12.2. The maximum Gasteiger partial charge on any atom is 0.291 e. The molecule has 1 aliphatic carbocycles. The molecule has 1 aromatic heterocycles. The molecule has 104 valence electrons. The van der Waals surface area contributed by atoms with Crippen LogP contribution in [0.4, 0.5) is 0 Å². The zero-order valence-corrected chi connectivity index (χ0v) is 11.4. The Morgan fingerprint density at radius 1 is 1.42 bits per heavy atom. The summed E-state index contributed by atoms with van der Waals surface area (Å²) in [7, 11) is 0. The van der Waals surface area contributed by atoms with Gasteiger partial charge in [0.05, 0.1) is 5.69 Å². The van der Waals surface area contributed by atoms with Crippen molar-refractivity contribution in [2.45, 2.75) is 38.6 Å². The summed E-state index contributed by atoms with van der Waals surface area (Å²) in [6.45, 7) is 4.57. The molecular weight excluding hydrogens is 242 g/mol. The first kappa shape index (κ1) is 12.7. The monoisotopic (exact) mass is 263 g/mol. The Morgan fingerprint density at radius 2 is 2.16 bits per heavy atom. The summed E-state index contributed by atoms with van der Waals surface area (Å²) in [4.78, 5) is 18.1. The van der Waals surface area contributed by atoms with Crippen LogP contribution in [0.2, 0.25) is 0 Å². The Morgan fingerprint density at radius 3 is 2.74 bits per heavy atom. The van der Waals surface area contributed by atoms with Gasteiger partial charge in [-0.25, -0.2) is 4.98 Å². The number of hydrogen-bond donors (Lipinski definition) is 1. The molecule has 1 saturated carbocycles. The van der Waals surface area contributed by atoms with E-state index in [1.54, 1.807) is 6.92 Å². The molecular formula is C14H21N3O2. The number of rotatable bonds is 4. The van der Waals surface area contributed by atoms with E-state index in [4.69, 9.17) is 4.42 Å². The number of oxazole rings is 1. The average Bonchev–Trinajstić information content (AvgIpc) is 3.17. The number of aromatic nitrogens is 1. The number of carbonyl (C=O) groups excluding carboxylic acids is 1. The summed E-state index contributed by atoms with van der Waals surface area (Å²) in [6, 6.07) is 0.570. The second-order valence-electron chi connectivity index (χ2n) is 5.68. The minimum Gasteiger partial charge on any atom is -0.438 e. The lowest BCUT2D eigenvalue weighted by Crippen LogP contribution is -2.45. The second-order valence-corrected chi connectivity index (χ2v) is 5.68. The zero-order valence-electron chi connectivity index (χ0n) is 11.4. The minimum absolute atomic E-state index is 0.0179. The van der Waals surface area contributed by atoms with Crippen molar-refractivity contribution >= 4 is 5.91 Å². The van der Waals surface area contributed by atoms with E-state index in [9.17, 15) is 4.79 Å². The van der Waals surface area contributed by atoms with Crippen LogP contribution in [-0.2, 0) is 0 Å². The van der Waals surface area contributed by atoms with Crippen LogP contribution in [0.3, 0.4) is 0 Å². The van der Waals surface area contributed by atoms with Crippen molar-refractivity contribution in [3.05, 3.63) is 17.8 Å². The molecule has 3 rings (SSSR count). The smallest absolute Gasteiger partial charge is 0.291 e. The van der Waals surface area contributed by atoms with Gasteiger partial charge in [-0.1, -0.05) is 0 Å². The molecule has 5 heteroatoms. The molecule has 0 spiro atoms. The number of amides is 1. The van der Waals surface area contributed by atoms with E-state index in [2.05, 4.69) is 10.3 Å². The molecule has 0 unspecified atom stereocenters. The van der Waals surface area contributed by atoms with Gasteiger partial charge in [-0.3, -0.25) is 4.79 Å². The highest BCUT2D eigenvalue weighted by Gasteiger charge is 2.28. The van der Waals surface area contributed by atoms with E-state index in [0.717, 1.165) is 38.4 Å². The molecule has 2 fully saturated rings. The van der Waals surface area contributed by atoms with E-state index >= 15 is 0 Å². The van der Waals surface area contributed by atoms with Gasteiger partial charge in [0.25, 0.3) is 5.91 Å². The first-order valence-electron chi connectivity index (χ1n) is 7.17. The van der Waals surface area contributed by atoms with E-state index < -0.39 is 0 Å². The number of hydrogen-bond acceptors (Lipinski definition) is 4. The third kappa shape index (κ3) is 2.97. The summed E-state index contributed by atoms with van der Waals surface area (Å²) in [6.07, 6.45) is 6.17. The largest absolute Gasteiger partial charge is 0.438 e. The molecule has 0 bridgehead atoms. The molecule has 19 heavy (non-hydrogen) atoms. The van der Waals surface area contributed by atoms with Crippen molar-refractivity contribution < 1.29 is 9.21 Å². The van der Waals surface area contributed by atoms with Crippen LogP contribution in [0.15, 0.2) is 10.8 Å². The highest BCUT2D eigenvalue weighted by atomic mass is 16.3. The first-order valence-corrected chi connectivity index (χ1v) is 7.17. The van der Waals surface area contributed by atoms with Gasteiger partial charge in [0, 0.05) is 19.1 Å². The van der Waals surface area contributed by atoms with E-state index in [-0.39, 0.29) is 5.91 Å². The number of aryl methyl sites for hydroxylation is 1. The Kier molecular flexibility index (Phi) is 3.55. The lowest BCUT2D eigenvalue weighted by atomic mass is 10.0. The Labute approximate surface area is 113 Å². The van der Waals surface area contributed by atoms with Crippen molar-refractivity contribution in [2.75, 3.05) is 19.6 Å². The minimum atomic E-state index is -0.0179. The van der Waals surface area contributed by atoms with E-state index in [1.807, 2.05) is 4.90 Å². The van der Waals surface area contributed by atoms with Crippen LogP contribution in [0, 0.1) is 12.8 Å². The molecule has 2 heterocycles. The van der Waals surface area contributed by atoms with Crippen molar-refractivity contribution in [3.63, 3.8) is 0 Å². The maximum absolute atomic E-state index is 12.2. The molecule has 1 amide bonds. The quantitative estimate of drug-likeness (QED) is 0.896. The highest BCUT2D eigenvalue weighted by molar-refractivity contribution is 5.92. The van der Waals surface area contributed by atoms with E-state index in [1.165, 1.54) is 19.2 Å². The van der Waals surface area contributed by atoms with Gasteiger partial charge in [0.15, 0.2) is 6.39 Å². The SMILES string of the molecule is Cc1ncoc1C(=O)N1CCC(NCC2CC2)CC1. The Hall–Kier alpha value is -1.36. The lowest BCUT2D eigenvalue weighted by molar-refractivity contribution is 0.0672. The van der Waals surface area contributed by atoms with Gasteiger partial charge in [0.2, 0.25) is 5.76 Å². The topological polar surface area (TPSA) is 58.4 Å². The van der Waals surface area contributed by atoms with Crippen LogP contribution in [0.1, 0.15) is 41.9 Å². The molecule has 0 atom stereocenters. The van der Waals surface area contributed by atoms with Gasteiger partial charge in [-0.05, 0) is 45.1 Å². The summed E-state index contributed by atoms with van der Waals surface area (Å²) in [5.74, 6) is 1.29.